The number of aromatic nitrogens is 2. The second kappa shape index (κ2) is 5.93. The topological polar surface area (TPSA) is 29.9 Å². The molecule has 0 spiro atoms. The molecule has 0 saturated heterocycles. The van der Waals surface area contributed by atoms with Crippen LogP contribution in [0.15, 0.2) is 23.7 Å². The molecular formula is C17H27N3S. The molecule has 0 fully saturated rings. The van der Waals surface area contributed by atoms with Crippen LogP contribution in [0.25, 0.3) is 0 Å². The van der Waals surface area contributed by atoms with Gasteiger partial charge in [0.1, 0.15) is 0 Å². The number of nitrogens with one attached hydrogen (secondary N) is 1. The SMILES string of the molecule is Cn1cc(CNCC(C)(C)c2cccs2)c(C(C)(C)C)n1. The van der Waals surface area contributed by atoms with Crippen LogP contribution in [0.2, 0.25) is 0 Å². The van der Waals surface area contributed by atoms with Crippen molar-refractivity contribution in [1.82, 2.24) is 15.1 Å². The summed E-state index contributed by atoms with van der Waals surface area (Å²) in [4.78, 5) is 1.43. The van der Waals surface area contributed by atoms with Crippen molar-refractivity contribution in [2.45, 2.75) is 52.0 Å². The molecule has 2 aromatic rings. The molecular weight excluding hydrogens is 278 g/mol. The number of hydrogen-bond acceptors (Lipinski definition) is 3. The lowest BCUT2D eigenvalue weighted by Crippen LogP contribution is -2.32. The van der Waals surface area contributed by atoms with Crippen molar-refractivity contribution >= 4 is 11.3 Å². The highest BCUT2D eigenvalue weighted by molar-refractivity contribution is 7.10. The summed E-state index contributed by atoms with van der Waals surface area (Å²) >= 11 is 1.83. The van der Waals surface area contributed by atoms with E-state index in [1.165, 1.54) is 16.1 Å². The summed E-state index contributed by atoms with van der Waals surface area (Å²) in [6.45, 7) is 13.1. The number of rotatable bonds is 5. The van der Waals surface area contributed by atoms with Gasteiger partial charge in [-0.05, 0) is 11.4 Å². The fourth-order valence-corrected chi connectivity index (χ4v) is 3.41. The monoisotopic (exact) mass is 305 g/mol. The maximum atomic E-state index is 4.63. The third-order valence-corrected chi connectivity index (χ3v) is 4.92. The molecule has 0 bridgehead atoms. The lowest BCUT2D eigenvalue weighted by Gasteiger charge is -2.24. The van der Waals surface area contributed by atoms with Gasteiger partial charge < -0.3 is 5.32 Å². The van der Waals surface area contributed by atoms with E-state index in [9.17, 15) is 0 Å². The Morgan fingerprint density at radius 3 is 2.52 bits per heavy atom. The van der Waals surface area contributed by atoms with E-state index in [0.717, 1.165) is 13.1 Å². The zero-order chi connectivity index (χ0) is 15.7. The van der Waals surface area contributed by atoms with Crippen LogP contribution in [0, 0.1) is 0 Å². The predicted molar refractivity (Wildman–Crippen MR) is 91.0 cm³/mol. The van der Waals surface area contributed by atoms with Crippen LogP contribution < -0.4 is 5.32 Å². The molecule has 116 valence electrons. The summed E-state index contributed by atoms with van der Waals surface area (Å²) in [6.07, 6.45) is 2.13. The molecule has 21 heavy (non-hydrogen) atoms. The highest BCUT2D eigenvalue weighted by Gasteiger charge is 2.24. The maximum absolute atomic E-state index is 4.63. The van der Waals surface area contributed by atoms with Crippen molar-refractivity contribution < 1.29 is 0 Å². The number of aryl methyl sites for hydroxylation is 1. The normalized spacial score (nSPS) is 12.9. The van der Waals surface area contributed by atoms with E-state index in [4.69, 9.17) is 0 Å². The summed E-state index contributed by atoms with van der Waals surface area (Å²) in [5, 5.41) is 10.4. The minimum absolute atomic E-state index is 0.0849. The van der Waals surface area contributed by atoms with Gasteiger partial charge in [-0.3, -0.25) is 4.68 Å². The Balaban J connectivity index is 2.01. The molecule has 0 amide bonds. The van der Waals surface area contributed by atoms with Crippen LogP contribution in [-0.2, 0) is 24.4 Å². The van der Waals surface area contributed by atoms with Crippen molar-refractivity contribution in [2.24, 2.45) is 7.05 Å². The Hall–Kier alpha value is -1.13. The Morgan fingerprint density at radius 2 is 1.95 bits per heavy atom. The summed E-state index contributed by atoms with van der Waals surface area (Å²) < 4.78 is 1.92. The first kappa shape index (κ1) is 16.2. The van der Waals surface area contributed by atoms with Gasteiger partial charge in [-0.15, -0.1) is 11.3 Å². The largest absolute Gasteiger partial charge is 0.312 e. The second-order valence-corrected chi connectivity index (χ2v) is 8.34. The highest BCUT2D eigenvalue weighted by atomic mass is 32.1. The van der Waals surface area contributed by atoms with Gasteiger partial charge in [-0.25, -0.2) is 0 Å². The third-order valence-electron chi connectivity index (χ3n) is 3.69. The molecule has 0 aliphatic rings. The molecule has 0 aliphatic heterocycles. The zero-order valence-corrected chi connectivity index (χ0v) is 14.8. The summed E-state index contributed by atoms with van der Waals surface area (Å²) in [5.41, 5.74) is 2.73. The molecule has 4 heteroatoms. The zero-order valence-electron chi connectivity index (χ0n) is 14.0. The first-order valence-electron chi connectivity index (χ1n) is 7.48. The molecule has 0 aromatic carbocycles. The lowest BCUT2D eigenvalue weighted by atomic mass is 9.89. The molecule has 0 unspecified atom stereocenters. The van der Waals surface area contributed by atoms with Gasteiger partial charge in [-0.1, -0.05) is 40.7 Å². The van der Waals surface area contributed by atoms with Crippen molar-refractivity contribution in [3.05, 3.63) is 39.8 Å². The van der Waals surface area contributed by atoms with Crippen molar-refractivity contribution in [1.29, 1.82) is 0 Å². The number of thiophene rings is 1. The summed E-state index contributed by atoms with van der Waals surface area (Å²) in [5.74, 6) is 0. The minimum atomic E-state index is 0.0849. The third kappa shape index (κ3) is 3.95. The van der Waals surface area contributed by atoms with E-state index in [1.54, 1.807) is 0 Å². The second-order valence-electron chi connectivity index (χ2n) is 7.39. The summed E-state index contributed by atoms with van der Waals surface area (Å²) in [7, 11) is 1.99. The van der Waals surface area contributed by atoms with Crippen molar-refractivity contribution in [3.63, 3.8) is 0 Å². The number of hydrogen-bond donors (Lipinski definition) is 1. The Labute approximate surface area is 132 Å². The van der Waals surface area contributed by atoms with Crippen molar-refractivity contribution in [2.75, 3.05) is 6.54 Å². The quantitative estimate of drug-likeness (QED) is 0.909. The molecule has 3 nitrogen and oxygen atoms in total. The molecule has 0 atom stereocenters. The Kier molecular flexibility index (Phi) is 4.59. The van der Waals surface area contributed by atoms with Gasteiger partial charge in [0.05, 0.1) is 5.69 Å². The Bertz CT molecular complexity index is 574. The van der Waals surface area contributed by atoms with Crippen molar-refractivity contribution in [3.8, 4) is 0 Å². The van der Waals surface area contributed by atoms with Gasteiger partial charge in [0.25, 0.3) is 0 Å². The van der Waals surface area contributed by atoms with Crippen LogP contribution in [0.4, 0.5) is 0 Å². The molecule has 0 aliphatic carbocycles. The lowest BCUT2D eigenvalue weighted by molar-refractivity contribution is 0.472. The maximum Gasteiger partial charge on any atom is 0.0722 e. The minimum Gasteiger partial charge on any atom is -0.312 e. The molecule has 2 rings (SSSR count). The average Bonchev–Trinajstić information content (AvgIpc) is 2.97. The van der Waals surface area contributed by atoms with Gasteiger partial charge in [0, 0.05) is 47.6 Å². The van der Waals surface area contributed by atoms with E-state index >= 15 is 0 Å². The van der Waals surface area contributed by atoms with E-state index in [2.05, 4.69) is 68.7 Å². The fraction of sp³-hybridized carbons (Fsp3) is 0.588. The van der Waals surface area contributed by atoms with E-state index in [1.807, 2.05) is 23.1 Å². The first-order valence-corrected chi connectivity index (χ1v) is 8.36. The van der Waals surface area contributed by atoms with Crippen LogP contribution in [0.3, 0.4) is 0 Å². The fourth-order valence-electron chi connectivity index (χ4n) is 2.56. The highest BCUT2D eigenvalue weighted by Crippen LogP contribution is 2.27. The predicted octanol–water partition coefficient (Wildman–Crippen LogP) is 3.85. The molecule has 0 radical (unpaired) electrons. The molecule has 1 N–H and O–H groups in total. The van der Waals surface area contributed by atoms with Crippen LogP contribution >= 0.6 is 11.3 Å². The standard InChI is InChI=1S/C17H27N3S/c1-16(2,3)15-13(11-20(6)19-15)10-18-12-17(4,5)14-8-7-9-21-14/h7-9,11,18H,10,12H2,1-6H3. The summed E-state index contributed by atoms with van der Waals surface area (Å²) in [6, 6.07) is 4.34. The van der Waals surface area contributed by atoms with Crippen LogP contribution in [0.1, 0.15) is 50.8 Å². The average molecular weight is 305 g/mol. The van der Waals surface area contributed by atoms with Crippen LogP contribution in [0.5, 0.6) is 0 Å². The Morgan fingerprint density at radius 1 is 1.24 bits per heavy atom. The molecule has 2 aromatic heterocycles. The van der Waals surface area contributed by atoms with Gasteiger partial charge in [0.2, 0.25) is 0 Å². The number of nitrogens with zero attached hydrogens (tertiary/aromatic N) is 2. The first-order chi connectivity index (χ1) is 9.70. The molecule has 2 heterocycles. The smallest absolute Gasteiger partial charge is 0.0722 e. The van der Waals surface area contributed by atoms with E-state index < -0.39 is 0 Å². The van der Waals surface area contributed by atoms with Crippen LogP contribution in [-0.4, -0.2) is 16.3 Å². The van der Waals surface area contributed by atoms with E-state index in [-0.39, 0.29) is 10.8 Å². The van der Waals surface area contributed by atoms with Gasteiger partial charge in [-0.2, -0.15) is 5.10 Å². The van der Waals surface area contributed by atoms with Gasteiger partial charge in [0.15, 0.2) is 0 Å². The van der Waals surface area contributed by atoms with Gasteiger partial charge >= 0.3 is 0 Å². The molecule has 0 saturated carbocycles. The van der Waals surface area contributed by atoms with E-state index in [0.29, 0.717) is 0 Å².